The highest BCUT2D eigenvalue weighted by molar-refractivity contribution is 5.91. The van der Waals surface area contributed by atoms with Crippen LogP contribution in [0, 0.1) is 0 Å². The average molecular weight is 164 g/mol. The topological polar surface area (TPSA) is 72.4 Å². The van der Waals surface area contributed by atoms with Crippen LogP contribution in [-0.4, -0.2) is 23.5 Å². The molecule has 62 valence electrons. The minimum atomic E-state index is -0.486. The lowest BCUT2D eigenvalue weighted by Gasteiger charge is -2.05. The zero-order valence-electron chi connectivity index (χ0n) is 6.32. The van der Waals surface area contributed by atoms with Gasteiger partial charge in [-0.2, -0.15) is 0 Å². The number of hydrogen-bond acceptors (Lipinski definition) is 3. The van der Waals surface area contributed by atoms with Crippen molar-refractivity contribution in [3.63, 3.8) is 0 Å². The van der Waals surface area contributed by atoms with Crippen LogP contribution in [-0.2, 0) is 0 Å². The van der Waals surface area contributed by atoms with Gasteiger partial charge in [-0.25, -0.2) is 4.79 Å². The first kappa shape index (κ1) is 6.90. The Bertz CT molecular complexity index is 352. The van der Waals surface area contributed by atoms with E-state index in [2.05, 4.69) is 10.3 Å². The van der Waals surface area contributed by atoms with E-state index in [-0.39, 0.29) is 0 Å². The van der Waals surface area contributed by atoms with E-state index in [0.29, 0.717) is 6.67 Å². The van der Waals surface area contributed by atoms with E-state index in [0.717, 1.165) is 11.3 Å². The monoisotopic (exact) mass is 164 g/mol. The quantitative estimate of drug-likeness (QED) is 0.575. The number of primary amides is 1. The number of nitrogens with one attached hydrogen (secondary N) is 1. The molecule has 0 unspecified atom stereocenters. The molecule has 0 aromatic carbocycles. The molecule has 3 N–H and O–H groups in total. The van der Waals surface area contributed by atoms with Crippen molar-refractivity contribution in [2.45, 2.75) is 0 Å². The van der Waals surface area contributed by atoms with Gasteiger partial charge in [-0.3, -0.25) is 9.56 Å². The fourth-order valence-corrected chi connectivity index (χ4v) is 1.12. The maximum absolute atomic E-state index is 10.7. The third-order valence-electron chi connectivity index (χ3n) is 1.70. The highest BCUT2D eigenvalue weighted by Crippen LogP contribution is 2.16. The summed E-state index contributed by atoms with van der Waals surface area (Å²) in [6.45, 7) is 0.551. The van der Waals surface area contributed by atoms with Gasteiger partial charge in [-0.15, -0.1) is 0 Å². The van der Waals surface area contributed by atoms with Crippen LogP contribution < -0.4 is 11.1 Å². The molecule has 1 aliphatic rings. The Hall–Kier alpha value is -1.78. The van der Waals surface area contributed by atoms with Gasteiger partial charge in [0.05, 0.1) is 5.69 Å². The summed E-state index contributed by atoms with van der Waals surface area (Å²) in [4.78, 5) is 14.7. The number of rotatable bonds is 0. The van der Waals surface area contributed by atoms with Gasteiger partial charge in [-0.1, -0.05) is 0 Å². The number of carbonyl (C=O) groups is 1. The van der Waals surface area contributed by atoms with E-state index in [9.17, 15) is 4.79 Å². The zero-order valence-corrected chi connectivity index (χ0v) is 6.32. The smallest absolute Gasteiger partial charge is 0.322 e. The summed E-state index contributed by atoms with van der Waals surface area (Å²) in [6.07, 6.45) is 5.02. The van der Waals surface area contributed by atoms with Crippen molar-refractivity contribution >= 4 is 17.9 Å². The number of fused-ring (bicyclic) bond motifs is 1. The molecule has 0 fully saturated rings. The SMILES string of the molecule is NC(=O)n1cc2c(c1)NCN=C2. The summed E-state index contributed by atoms with van der Waals surface area (Å²) in [5.74, 6) is 0. The van der Waals surface area contributed by atoms with Gasteiger partial charge in [0, 0.05) is 24.2 Å². The normalized spacial score (nSPS) is 13.7. The summed E-state index contributed by atoms with van der Waals surface area (Å²) < 4.78 is 1.33. The van der Waals surface area contributed by atoms with Crippen molar-refractivity contribution in [2.24, 2.45) is 10.7 Å². The first-order chi connectivity index (χ1) is 5.77. The first-order valence-electron chi connectivity index (χ1n) is 3.53. The van der Waals surface area contributed by atoms with Crippen LogP contribution in [0.4, 0.5) is 10.5 Å². The van der Waals surface area contributed by atoms with Crippen LogP contribution >= 0.6 is 0 Å². The molecule has 1 aliphatic heterocycles. The molecule has 1 amide bonds. The number of amides is 1. The van der Waals surface area contributed by atoms with E-state index in [4.69, 9.17) is 5.73 Å². The van der Waals surface area contributed by atoms with Gasteiger partial charge < -0.3 is 11.1 Å². The number of nitrogens with two attached hydrogens (primary N) is 1. The van der Waals surface area contributed by atoms with Gasteiger partial charge in [0.1, 0.15) is 6.67 Å². The van der Waals surface area contributed by atoms with Crippen LogP contribution in [0.1, 0.15) is 5.56 Å². The molecular formula is C7H8N4O. The van der Waals surface area contributed by atoms with E-state index in [1.165, 1.54) is 4.57 Å². The van der Waals surface area contributed by atoms with Crippen molar-refractivity contribution in [3.8, 4) is 0 Å². The lowest BCUT2D eigenvalue weighted by Crippen LogP contribution is -2.17. The molecule has 0 atom stereocenters. The van der Waals surface area contributed by atoms with E-state index in [1.807, 2.05) is 0 Å². The Labute approximate surface area is 68.9 Å². The van der Waals surface area contributed by atoms with Gasteiger partial charge in [-0.05, 0) is 0 Å². The summed E-state index contributed by atoms with van der Waals surface area (Å²) >= 11 is 0. The van der Waals surface area contributed by atoms with Crippen molar-refractivity contribution in [1.29, 1.82) is 0 Å². The highest BCUT2D eigenvalue weighted by Gasteiger charge is 2.09. The fraction of sp³-hybridized carbons (Fsp3) is 0.143. The first-order valence-corrected chi connectivity index (χ1v) is 3.53. The highest BCUT2D eigenvalue weighted by atomic mass is 16.2. The summed E-state index contributed by atoms with van der Waals surface area (Å²) in [5, 5.41) is 3.01. The van der Waals surface area contributed by atoms with Crippen molar-refractivity contribution < 1.29 is 4.79 Å². The summed E-state index contributed by atoms with van der Waals surface area (Å²) in [5.41, 5.74) is 6.86. The predicted molar refractivity (Wildman–Crippen MR) is 45.5 cm³/mol. The number of aliphatic imine (C=N–C) groups is 1. The third-order valence-corrected chi connectivity index (χ3v) is 1.70. The van der Waals surface area contributed by atoms with Gasteiger partial charge in [0.15, 0.2) is 0 Å². The molecular weight excluding hydrogens is 156 g/mol. The Morgan fingerprint density at radius 3 is 3.17 bits per heavy atom. The lowest BCUT2D eigenvalue weighted by molar-refractivity contribution is 0.250. The van der Waals surface area contributed by atoms with Crippen molar-refractivity contribution in [1.82, 2.24) is 4.57 Å². The lowest BCUT2D eigenvalue weighted by atomic mass is 10.3. The van der Waals surface area contributed by atoms with E-state index >= 15 is 0 Å². The number of hydrogen-bond donors (Lipinski definition) is 2. The molecule has 1 aromatic rings. The molecule has 5 nitrogen and oxygen atoms in total. The second kappa shape index (κ2) is 2.37. The average Bonchev–Trinajstić information content (AvgIpc) is 2.46. The number of nitrogens with zero attached hydrogens (tertiary/aromatic N) is 2. The van der Waals surface area contributed by atoms with Gasteiger partial charge in [0.2, 0.25) is 0 Å². The largest absolute Gasteiger partial charge is 0.364 e. The predicted octanol–water partition coefficient (Wildman–Crippen LogP) is 0.217. The van der Waals surface area contributed by atoms with Gasteiger partial charge in [0.25, 0.3) is 0 Å². The van der Waals surface area contributed by atoms with Crippen LogP contribution in [0.3, 0.4) is 0 Å². The minimum Gasteiger partial charge on any atom is -0.364 e. The fourth-order valence-electron chi connectivity index (χ4n) is 1.12. The third kappa shape index (κ3) is 0.952. The van der Waals surface area contributed by atoms with Crippen LogP contribution in [0.15, 0.2) is 17.4 Å². The second-order valence-corrected chi connectivity index (χ2v) is 2.52. The molecule has 2 heterocycles. The molecule has 0 aliphatic carbocycles. The van der Waals surface area contributed by atoms with Crippen LogP contribution in [0.2, 0.25) is 0 Å². The summed E-state index contributed by atoms with van der Waals surface area (Å²) in [7, 11) is 0. The molecule has 0 spiro atoms. The summed E-state index contributed by atoms with van der Waals surface area (Å²) in [6, 6.07) is -0.486. The molecule has 0 radical (unpaired) electrons. The maximum atomic E-state index is 10.7. The Kier molecular flexibility index (Phi) is 1.36. The minimum absolute atomic E-state index is 0.486. The molecule has 0 saturated carbocycles. The van der Waals surface area contributed by atoms with Crippen molar-refractivity contribution in [2.75, 3.05) is 12.0 Å². The number of aromatic nitrogens is 1. The molecule has 0 saturated heterocycles. The maximum Gasteiger partial charge on any atom is 0.322 e. The zero-order chi connectivity index (χ0) is 8.55. The van der Waals surface area contributed by atoms with Crippen LogP contribution in [0.25, 0.3) is 0 Å². The molecule has 0 bridgehead atoms. The van der Waals surface area contributed by atoms with E-state index in [1.54, 1.807) is 18.6 Å². The Morgan fingerprint density at radius 2 is 2.50 bits per heavy atom. The number of carbonyl (C=O) groups excluding carboxylic acids is 1. The van der Waals surface area contributed by atoms with Crippen molar-refractivity contribution in [3.05, 3.63) is 18.0 Å². The van der Waals surface area contributed by atoms with Gasteiger partial charge >= 0.3 is 6.03 Å². The Balaban J connectivity index is 2.46. The molecule has 12 heavy (non-hydrogen) atoms. The standard InChI is InChI=1S/C7H8N4O/c8-7(12)11-2-5-1-9-4-10-6(5)3-11/h1-3,10H,4H2,(H2,8,12). The molecule has 1 aromatic heterocycles. The molecule has 5 heteroatoms. The second-order valence-electron chi connectivity index (χ2n) is 2.52. The van der Waals surface area contributed by atoms with Crippen LogP contribution in [0.5, 0.6) is 0 Å². The van der Waals surface area contributed by atoms with E-state index < -0.39 is 6.03 Å². The number of anilines is 1. The molecule has 2 rings (SSSR count). The Morgan fingerprint density at radius 1 is 1.67 bits per heavy atom.